The Labute approximate surface area is 115 Å². The fraction of sp³-hybridized carbons (Fsp3) is 0.214. The summed E-state index contributed by atoms with van der Waals surface area (Å²) in [5.41, 5.74) is 1.89. The van der Waals surface area contributed by atoms with Crippen molar-refractivity contribution in [3.8, 4) is 17.4 Å². The molecule has 0 saturated heterocycles. The molecular formula is C14H12N4O2. The molecule has 1 aromatic carbocycles. The summed E-state index contributed by atoms with van der Waals surface area (Å²) in [5, 5.41) is 5.49. The summed E-state index contributed by atoms with van der Waals surface area (Å²) < 4.78 is 12.5. The number of rotatable bonds is 1. The fourth-order valence-electron chi connectivity index (χ4n) is 2.20. The third kappa shape index (κ3) is 1.90. The van der Waals surface area contributed by atoms with Gasteiger partial charge in [-0.2, -0.15) is 9.67 Å². The maximum absolute atomic E-state index is 5.49. The maximum atomic E-state index is 5.49. The molecule has 0 fully saturated rings. The van der Waals surface area contributed by atoms with Gasteiger partial charge in [0.1, 0.15) is 13.3 Å². The molecule has 0 radical (unpaired) electrons. The van der Waals surface area contributed by atoms with E-state index in [1.165, 1.54) is 0 Å². The van der Waals surface area contributed by atoms with Crippen LogP contribution >= 0.6 is 0 Å². The van der Waals surface area contributed by atoms with Crippen LogP contribution in [0, 0.1) is 0 Å². The molecule has 20 heavy (non-hydrogen) atoms. The van der Waals surface area contributed by atoms with Crippen LogP contribution in [0.2, 0.25) is 0 Å². The van der Waals surface area contributed by atoms with E-state index < -0.39 is 0 Å². The first-order valence-electron chi connectivity index (χ1n) is 6.41. The normalized spacial score (nSPS) is 14.6. The van der Waals surface area contributed by atoms with Crippen LogP contribution in [0.4, 0.5) is 0 Å². The lowest BCUT2D eigenvalue weighted by atomic mass is 10.1. The van der Waals surface area contributed by atoms with Crippen LogP contribution in [-0.2, 0) is 11.5 Å². The maximum Gasteiger partial charge on any atom is 0.317 e. The van der Waals surface area contributed by atoms with E-state index >= 15 is 0 Å². The van der Waals surface area contributed by atoms with Crippen LogP contribution in [0.1, 0.15) is 0 Å². The SMILES string of the molecule is c1cnc2ccc(-c3nc4n(n3)COCCO4)cc2c1. The van der Waals surface area contributed by atoms with Crippen molar-refractivity contribution in [3.05, 3.63) is 36.5 Å². The number of ether oxygens (including phenoxy) is 2. The van der Waals surface area contributed by atoms with Gasteiger partial charge < -0.3 is 9.47 Å². The molecule has 100 valence electrons. The van der Waals surface area contributed by atoms with Gasteiger partial charge in [-0.25, -0.2) is 0 Å². The van der Waals surface area contributed by atoms with Gasteiger partial charge in [-0.15, -0.1) is 5.10 Å². The quantitative estimate of drug-likeness (QED) is 0.674. The van der Waals surface area contributed by atoms with Gasteiger partial charge in [0.25, 0.3) is 0 Å². The lowest BCUT2D eigenvalue weighted by Gasteiger charge is -1.99. The highest BCUT2D eigenvalue weighted by Gasteiger charge is 2.15. The minimum Gasteiger partial charge on any atom is -0.461 e. The van der Waals surface area contributed by atoms with Gasteiger partial charge in [-0.1, -0.05) is 6.07 Å². The van der Waals surface area contributed by atoms with Crippen molar-refractivity contribution in [1.82, 2.24) is 19.7 Å². The van der Waals surface area contributed by atoms with Gasteiger partial charge in [-0.05, 0) is 24.3 Å². The second kappa shape index (κ2) is 4.57. The third-order valence-electron chi connectivity index (χ3n) is 3.17. The molecule has 0 bridgehead atoms. The number of hydrogen-bond acceptors (Lipinski definition) is 5. The molecule has 0 spiro atoms. The van der Waals surface area contributed by atoms with E-state index in [1.807, 2.05) is 30.3 Å². The minimum atomic E-state index is 0.372. The fourth-order valence-corrected chi connectivity index (χ4v) is 2.20. The Hall–Kier alpha value is -2.47. The van der Waals surface area contributed by atoms with Crippen LogP contribution in [0.25, 0.3) is 22.3 Å². The van der Waals surface area contributed by atoms with Crippen LogP contribution in [-0.4, -0.2) is 33.0 Å². The summed E-state index contributed by atoms with van der Waals surface area (Å²) in [6, 6.07) is 10.4. The first-order valence-corrected chi connectivity index (χ1v) is 6.41. The molecule has 0 aliphatic carbocycles. The summed E-state index contributed by atoms with van der Waals surface area (Å²) in [6.07, 6.45) is 1.78. The highest BCUT2D eigenvalue weighted by Crippen LogP contribution is 2.23. The van der Waals surface area contributed by atoms with E-state index in [0.717, 1.165) is 16.5 Å². The summed E-state index contributed by atoms with van der Waals surface area (Å²) in [6.45, 7) is 1.43. The topological polar surface area (TPSA) is 62.1 Å². The molecule has 4 rings (SSSR count). The molecule has 0 unspecified atom stereocenters. The van der Waals surface area contributed by atoms with Crippen LogP contribution in [0.5, 0.6) is 6.01 Å². The van der Waals surface area contributed by atoms with Crippen molar-refractivity contribution < 1.29 is 9.47 Å². The summed E-state index contributed by atoms with van der Waals surface area (Å²) in [4.78, 5) is 8.72. The molecule has 0 amide bonds. The first-order chi connectivity index (χ1) is 9.90. The van der Waals surface area contributed by atoms with E-state index in [2.05, 4.69) is 15.1 Å². The Balaban J connectivity index is 1.78. The van der Waals surface area contributed by atoms with Gasteiger partial charge in [0.2, 0.25) is 0 Å². The Bertz CT molecular complexity index is 745. The lowest BCUT2D eigenvalue weighted by Crippen LogP contribution is -2.02. The van der Waals surface area contributed by atoms with Crippen LogP contribution < -0.4 is 4.74 Å². The van der Waals surface area contributed by atoms with Crippen LogP contribution in [0.3, 0.4) is 0 Å². The molecular weight excluding hydrogens is 256 g/mol. The lowest BCUT2D eigenvalue weighted by molar-refractivity contribution is 0.0738. The number of nitrogens with zero attached hydrogens (tertiary/aromatic N) is 4. The predicted molar refractivity (Wildman–Crippen MR) is 72.2 cm³/mol. The second-order valence-corrected chi connectivity index (χ2v) is 4.51. The van der Waals surface area contributed by atoms with Gasteiger partial charge in [0.15, 0.2) is 5.82 Å². The molecule has 6 heteroatoms. The van der Waals surface area contributed by atoms with Crippen LogP contribution in [0.15, 0.2) is 36.5 Å². The molecule has 0 N–H and O–H groups in total. The number of fused-ring (bicyclic) bond motifs is 2. The third-order valence-corrected chi connectivity index (χ3v) is 3.17. The molecule has 0 atom stereocenters. The second-order valence-electron chi connectivity index (χ2n) is 4.51. The molecule has 1 aliphatic rings. The van der Waals surface area contributed by atoms with Crippen molar-refractivity contribution in [3.63, 3.8) is 0 Å². The zero-order chi connectivity index (χ0) is 13.4. The Kier molecular flexibility index (Phi) is 2.60. The molecule has 2 aromatic heterocycles. The minimum absolute atomic E-state index is 0.372. The number of pyridine rings is 1. The van der Waals surface area contributed by atoms with Crippen molar-refractivity contribution in [2.45, 2.75) is 6.73 Å². The van der Waals surface area contributed by atoms with Crippen molar-refractivity contribution >= 4 is 10.9 Å². The zero-order valence-electron chi connectivity index (χ0n) is 10.7. The largest absolute Gasteiger partial charge is 0.461 e. The Morgan fingerprint density at radius 3 is 3.15 bits per heavy atom. The number of aromatic nitrogens is 4. The van der Waals surface area contributed by atoms with Gasteiger partial charge in [-0.3, -0.25) is 4.98 Å². The molecule has 3 aromatic rings. The smallest absolute Gasteiger partial charge is 0.317 e. The summed E-state index contributed by atoms with van der Waals surface area (Å²) >= 11 is 0. The van der Waals surface area contributed by atoms with E-state index in [9.17, 15) is 0 Å². The van der Waals surface area contributed by atoms with Crippen molar-refractivity contribution in [2.75, 3.05) is 13.2 Å². The standard InChI is InChI=1S/C14H12N4O2/c1-2-10-8-11(3-4-12(10)15-5-1)13-16-14-18(17-13)9-19-6-7-20-14/h1-5,8H,6-7,9H2. The molecule has 6 nitrogen and oxygen atoms in total. The zero-order valence-corrected chi connectivity index (χ0v) is 10.7. The van der Waals surface area contributed by atoms with E-state index in [-0.39, 0.29) is 0 Å². The Morgan fingerprint density at radius 2 is 2.15 bits per heavy atom. The van der Waals surface area contributed by atoms with Gasteiger partial charge in [0, 0.05) is 17.1 Å². The highest BCUT2D eigenvalue weighted by atomic mass is 16.6. The monoisotopic (exact) mass is 268 g/mol. The average molecular weight is 268 g/mol. The molecule has 3 heterocycles. The van der Waals surface area contributed by atoms with E-state index in [4.69, 9.17) is 9.47 Å². The van der Waals surface area contributed by atoms with E-state index in [0.29, 0.717) is 31.8 Å². The van der Waals surface area contributed by atoms with Gasteiger partial charge in [0.05, 0.1) is 12.1 Å². The number of benzene rings is 1. The Morgan fingerprint density at radius 1 is 1.15 bits per heavy atom. The summed E-state index contributed by atoms with van der Waals surface area (Å²) in [5.74, 6) is 0.635. The number of hydrogen-bond donors (Lipinski definition) is 0. The molecule has 0 saturated carbocycles. The average Bonchev–Trinajstić information content (AvgIpc) is 2.78. The van der Waals surface area contributed by atoms with Crippen molar-refractivity contribution in [1.29, 1.82) is 0 Å². The predicted octanol–water partition coefficient (Wildman–Crippen LogP) is 1.86. The summed E-state index contributed by atoms with van der Waals surface area (Å²) in [7, 11) is 0. The van der Waals surface area contributed by atoms with Crippen molar-refractivity contribution in [2.24, 2.45) is 0 Å². The highest BCUT2D eigenvalue weighted by molar-refractivity contribution is 5.83. The molecule has 1 aliphatic heterocycles. The first kappa shape index (κ1) is 11.4. The van der Waals surface area contributed by atoms with E-state index in [1.54, 1.807) is 10.9 Å². The van der Waals surface area contributed by atoms with Gasteiger partial charge >= 0.3 is 6.01 Å².